The topological polar surface area (TPSA) is 88.7 Å². The second kappa shape index (κ2) is 12.3. The lowest BCUT2D eigenvalue weighted by atomic mass is 10.1. The van der Waals surface area contributed by atoms with E-state index in [-0.39, 0.29) is 24.0 Å². The molecule has 0 spiro atoms. The van der Waals surface area contributed by atoms with Crippen molar-refractivity contribution in [1.82, 2.24) is 16.2 Å². The summed E-state index contributed by atoms with van der Waals surface area (Å²) in [6.45, 7) is 3.98. The number of hydrogen-bond donors (Lipinski definition) is 3. The van der Waals surface area contributed by atoms with Crippen LogP contribution in [0.1, 0.15) is 24.0 Å². The molecule has 0 radical (unpaired) electrons. The minimum atomic E-state index is -0.439. The van der Waals surface area contributed by atoms with Crippen LogP contribution in [-0.2, 0) is 9.59 Å². The predicted molar refractivity (Wildman–Crippen MR) is 125 cm³/mol. The van der Waals surface area contributed by atoms with Gasteiger partial charge in [0.05, 0.1) is 11.6 Å². The lowest BCUT2D eigenvalue weighted by Gasteiger charge is -2.13. The fourth-order valence-electron chi connectivity index (χ4n) is 2.41. The van der Waals surface area contributed by atoms with Gasteiger partial charge in [0.15, 0.2) is 11.7 Å². The Balaban J connectivity index is 1.61. The summed E-state index contributed by atoms with van der Waals surface area (Å²) in [6.07, 6.45) is 0.625. The summed E-state index contributed by atoms with van der Waals surface area (Å²) < 4.78 is 11.0. The van der Waals surface area contributed by atoms with Crippen molar-refractivity contribution in [3.8, 4) is 11.5 Å². The zero-order valence-electron chi connectivity index (χ0n) is 17.1. The number of carbonyl (C=O) groups excluding carboxylic acids is 2. The zero-order valence-corrected chi connectivity index (χ0v) is 19.4. The fraction of sp³-hybridized carbons (Fsp3) is 0.286. The molecule has 10 heteroatoms. The summed E-state index contributed by atoms with van der Waals surface area (Å²) in [5.41, 5.74) is 6.87. The van der Waals surface area contributed by atoms with Crippen LogP contribution in [0.3, 0.4) is 0 Å². The number of ether oxygens (including phenoxy) is 2. The van der Waals surface area contributed by atoms with Gasteiger partial charge in [-0.05, 0) is 67.9 Å². The maximum Gasteiger partial charge on any atom is 0.276 e. The number of nitrogens with one attached hydrogen (secondary N) is 3. The van der Waals surface area contributed by atoms with Crippen LogP contribution in [0.2, 0.25) is 10.0 Å². The van der Waals surface area contributed by atoms with Crippen LogP contribution in [0, 0.1) is 13.8 Å². The molecule has 2 aromatic carbocycles. The van der Waals surface area contributed by atoms with Crippen molar-refractivity contribution < 1.29 is 19.1 Å². The number of hydrogen-bond acceptors (Lipinski definition) is 5. The molecule has 7 nitrogen and oxygen atoms in total. The Morgan fingerprint density at radius 1 is 1.00 bits per heavy atom. The summed E-state index contributed by atoms with van der Waals surface area (Å²) in [7, 11) is 0. The van der Waals surface area contributed by atoms with E-state index in [0.29, 0.717) is 34.6 Å². The van der Waals surface area contributed by atoms with Gasteiger partial charge >= 0.3 is 0 Å². The van der Waals surface area contributed by atoms with Crippen molar-refractivity contribution in [2.75, 3.05) is 13.2 Å². The number of thiocarbonyl (C=S) groups is 1. The lowest BCUT2D eigenvalue weighted by Crippen LogP contribution is -2.49. The Hall–Kier alpha value is -2.55. The standard InChI is InChI=1S/C21H23Cl2N3O4S/c1-13-5-3-6-17(14(13)2)30-12-20(28)25-26-21(31)24-19(27)7-4-10-29-18-9-8-15(22)11-16(18)23/h3,5-6,8-9,11H,4,7,10,12H2,1-2H3,(H,25,28)(H2,24,26,27,31). The number of hydrazine groups is 1. The number of carbonyl (C=O) groups is 2. The molecule has 2 amide bonds. The first-order valence-corrected chi connectivity index (χ1v) is 10.6. The first-order valence-electron chi connectivity index (χ1n) is 9.42. The Morgan fingerprint density at radius 2 is 1.77 bits per heavy atom. The molecular formula is C21H23Cl2N3O4S. The fourth-order valence-corrected chi connectivity index (χ4v) is 3.04. The maximum atomic E-state index is 11.9. The van der Waals surface area contributed by atoms with E-state index in [4.69, 9.17) is 44.9 Å². The van der Waals surface area contributed by atoms with Gasteiger partial charge in [-0.2, -0.15) is 0 Å². The summed E-state index contributed by atoms with van der Waals surface area (Å²) in [5.74, 6) is 0.373. The number of benzene rings is 2. The molecule has 0 aliphatic heterocycles. The van der Waals surface area contributed by atoms with Gasteiger partial charge in [0.25, 0.3) is 5.91 Å². The first kappa shape index (κ1) is 24.7. The minimum Gasteiger partial charge on any atom is -0.492 e. The molecule has 0 saturated heterocycles. The molecule has 0 heterocycles. The zero-order chi connectivity index (χ0) is 22.8. The highest BCUT2D eigenvalue weighted by Crippen LogP contribution is 2.27. The van der Waals surface area contributed by atoms with E-state index in [1.54, 1.807) is 24.3 Å². The quantitative estimate of drug-likeness (QED) is 0.300. The van der Waals surface area contributed by atoms with Crippen molar-refractivity contribution in [2.24, 2.45) is 0 Å². The average Bonchev–Trinajstić information content (AvgIpc) is 2.72. The highest BCUT2D eigenvalue weighted by molar-refractivity contribution is 7.80. The van der Waals surface area contributed by atoms with Crippen LogP contribution < -0.4 is 25.6 Å². The number of rotatable bonds is 8. The molecule has 0 aliphatic rings. The molecule has 0 bridgehead atoms. The van der Waals surface area contributed by atoms with Crippen LogP contribution in [0.4, 0.5) is 0 Å². The number of amides is 2. The Bertz CT molecular complexity index is 956. The maximum absolute atomic E-state index is 11.9. The monoisotopic (exact) mass is 483 g/mol. The largest absolute Gasteiger partial charge is 0.492 e. The predicted octanol–water partition coefficient (Wildman–Crippen LogP) is 3.87. The van der Waals surface area contributed by atoms with Crippen LogP contribution in [0.15, 0.2) is 36.4 Å². The smallest absolute Gasteiger partial charge is 0.276 e. The summed E-state index contributed by atoms with van der Waals surface area (Å²) in [6, 6.07) is 10.5. The average molecular weight is 484 g/mol. The van der Waals surface area contributed by atoms with E-state index in [2.05, 4.69) is 16.2 Å². The molecule has 0 unspecified atom stereocenters. The van der Waals surface area contributed by atoms with E-state index in [1.807, 2.05) is 26.0 Å². The molecular weight excluding hydrogens is 461 g/mol. The molecule has 0 saturated carbocycles. The van der Waals surface area contributed by atoms with Crippen LogP contribution in [0.25, 0.3) is 0 Å². The Kier molecular flexibility index (Phi) is 9.84. The van der Waals surface area contributed by atoms with Gasteiger partial charge in [-0.3, -0.25) is 20.4 Å². The Labute approximate surface area is 196 Å². The summed E-state index contributed by atoms with van der Waals surface area (Å²) in [4.78, 5) is 23.8. The molecule has 3 N–H and O–H groups in total. The first-order chi connectivity index (χ1) is 14.8. The molecule has 0 atom stereocenters. The molecule has 2 aromatic rings. The van der Waals surface area contributed by atoms with Crippen molar-refractivity contribution >= 4 is 52.3 Å². The van der Waals surface area contributed by atoms with E-state index >= 15 is 0 Å². The number of halogens is 2. The molecule has 0 aromatic heterocycles. The molecule has 0 aliphatic carbocycles. The van der Waals surface area contributed by atoms with Gasteiger partial charge < -0.3 is 14.8 Å². The van der Waals surface area contributed by atoms with Crippen LogP contribution in [-0.4, -0.2) is 30.1 Å². The van der Waals surface area contributed by atoms with E-state index in [0.717, 1.165) is 11.1 Å². The number of aryl methyl sites for hydroxylation is 1. The van der Waals surface area contributed by atoms with Crippen molar-refractivity contribution in [3.63, 3.8) is 0 Å². The third-order valence-corrected chi connectivity index (χ3v) is 4.92. The summed E-state index contributed by atoms with van der Waals surface area (Å²) >= 11 is 16.8. The highest BCUT2D eigenvalue weighted by atomic mass is 35.5. The lowest BCUT2D eigenvalue weighted by molar-refractivity contribution is -0.124. The van der Waals surface area contributed by atoms with E-state index in [9.17, 15) is 9.59 Å². The van der Waals surface area contributed by atoms with Crippen molar-refractivity contribution in [2.45, 2.75) is 26.7 Å². The SMILES string of the molecule is Cc1cccc(OCC(=O)NNC(=S)NC(=O)CCCOc2ccc(Cl)cc2Cl)c1C. The molecule has 2 rings (SSSR count). The van der Waals surface area contributed by atoms with Gasteiger partial charge in [-0.15, -0.1) is 0 Å². The van der Waals surface area contributed by atoms with Gasteiger partial charge in [0, 0.05) is 11.4 Å². The van der Waals surface area contributed by atoms with Crippen LogP contribution >= 0.6 is 35.4 Å². The van der Waals surface area contributed by atoms with Gasteiger partial charge in [-0.1, -0.05) is 35.3 Å². The second-order valence-electron chi connectivity index (χ2n) is 6.56. The third kappa shape index (κ3) is 8.61. The summed E-state index contributed by atoms with van der Waals surface area (Å²) in [5, 5.41) is 3.37. The molecule has 166 valence electrons. The Morgan fingerprint density at radius 3 is 2.52 bits per heavy atom. The van der Waals surface area contributed by atoms with Crippen molar-refractivity contribution in [1.29, 1.82) is 0 Å². The van der Waals surface area contributed by atoms with Gasteiger partial charge in [0.1, 0.15) is 11.5 Å². The highest BCUT2D eigenvalue weighted by Gasteiger charge is 2.09. The van der Waals surface area contributed by atoms with Crippen molar-refractivity contribution in [3.05, 3.63) is 57.6 Å². The van der Waals surface area contributed by atoms with Crippen LogP contribution in [0.5, 0.6) is 11.5 Å². The van der Waals surface area contributed by atoms with Gasteiger partial charge in [0.2, 0.25) is 5.91 Å². The molecule has 31 heavy (non-hydrogen) atoms. The van der Waals surface area contributed by atoms with E-state index < -0.39 is 5.91 Å². The molecule has 0 fully saturated rings. The third-order valence-electron chi connectivity index (χ3n) is 4.18. The normalized spacial score (nSPS) is 10.2. The minimum absolute atomic E-state index is 0.0215. The second-order valence-corrected chi connectivity index (χ2v) is 7.82. The van der Waals surface area contributed by atoms with E-state index in [1.165, 1.54) is 0 Å². The van der Waals surface area contributed by atoms with Gasteiger partial charge in [-0.25, -0.2) is 0 Å².